The summed E-state index contributed by atoms with van der Waals surface area (Å²) in [5.41, 5.74) is 7.52. The minimum atomic E-state index is -0.382. The van der Waals surface area contributed by atoms with Crippen molar-refractivity contribution in [3.8, 4) is 0 Å². The molecule has 0 saturated heterocycles. The van der Waals surface area contributed by atoms with Crippen molar-refractivity contribution in [1.82, 2.24) is 0 Å². The lowest BCUT2D eigenvalue weighted by atomic mass is 10.1. The second-order valence-electron chi connectivity index (χ2n) is 4.59. The number of nitrogens with two attached hydrogens (primary N) is 1. The molecule has 0 spiro atoms. The number of amides is 1. The van der Waals surface area contributed by atoms with Gasteiger partial charge < -0.3 is 15.8 Å². The van der Waals surface area contributed by atoms with Crippen molar-refractivity contribution >= 4 is 17.6 Å². The van der Waals surface area contributed by atoms with Crippen LogP contribution in [0.1, 0.15) is 35.7 Å². The van der Waals surface area contributed by atoms with Crippen LogP contribution >= 0.6 is 0 Å². The molecular formula is C14H20N2O3. The third kappa shape index (κ3) is 4.71. The first-order valence-corrected chi connectivity index (χ1v) is 6.18. The molecule has 5 heteroatoms. The zero-order chi connectivity index (χ0) is 14.4. The molecule has 0 bridgehead atoms. The molecule has 0 aromatic heterocycles. The minimum Gasteiger partial charge on any atom is -0.465 e. The maximum Gasteiger partial charge on any atom is 0.338 e. The van der Waals surface area contributed by atoms with Gasteiger partial charge in [0.1, 0.15) is 0 Å². The van der Waals surface area contributed by atoms with E-state index in [0.717, 1.165) is 5.56 Å². The van der Waals surface area contributed by atoms with E-state index in [-0.39, 0.29) is 17.9 Å². The fourth-order valence-corrected chi connectivity index (χ4v) is 1.66. The van der Waals surface area contributed by atoms with E-state index in [4.69, 9.17) is 5.73 Å². The summed E-state index contributed by atoms with van der Waals surface area (Å²) in [6.07, 6.45) is 1.03. The monoisotopic (exact) mass is 264 g/mol. The van der Waals surface area contributed by atoms with Gasteiger partial charge in [0.25, 0.3) is 0 Å². The van der Waals surface area contributed by atoms with Gasteiger partial charge in [0.15, 0.2) is 0 Å². The maximum atomic E-state index is 11.6. The highest BCUT2D eigenvalue weighted by Crippen LogP contribution is 2.16. The highest BCUT2D eigenvalue weighted by atomic mass is 16.5. The molecular weight excluding hydrogens is 244 g/mol. The van der Waals surface area contributed by atoms with Gasteiger partial charge in [0.2, 0.25) is 5.91 Å². The number of hydrogen-bond acceptors (Lipinski definition) is 4. The average Bonchev–Trinajstić information content (AvgIpc) is 2.35. The number of esters is 1. The zero-order valence-corrected chi connectivity index (χ0v) is 11.5. The molecule has 0 aliphatic carbocycles. The van der Waals surface area contributed by atoms with Crippen LogP contribution in [-0.2, 0) is 9.53 Å². The number of hydrogen-bond donors (Lipinski definition) is 2. The Balaban J connectivity index is 2.68. The van der Waals surface area contributed by atoms with Crippen molar-refractivity contribution in [3.63, 3.8) is 0 Å². The van der Waals surface area contributed by atoms with E-state index in [9.17, 15) is 9.59 Å². The molecule has 1 aromatic carbocycles. The van der Waals surface area contributed by atoms with Crippen LogP contribution in [-0.4, -0.2) is 25.0 Å². The number of ether oxygens (including phenoxy) is 1. The predicted molar refractivity (Wildman–Crippen MR) is 74.0 cm³/mol. The molecule has 1 unspecified atom stereocenters. The van der Waals surface area contributed by atoms with Gasteiger partial charge in [0, 0.05) is 18.2 Å². The largest absolute Gasteiger partial charge is 0.465 e. The first kappa shape index (κ1) is 15.2. The molecule has 0 heterocycles. The van der Waals surface area contributed by atoms with E-state index in [1.165, 1.54) is 7.11 Å². The number of methoxy groups -OCH3 is 1. The molecule has 5 nitrogen and oxygen atoms in total. The van der Waals surface area contributed by atoms with E-state index < -0.39 is 0 Å². The van der Waals surface area contributed by atoms with Gasteiger partial charge in [-0.1, -0.05) is 0 Å². The number of nitrogens with one attached hydrogen (secondary N) is 1. The molecule has 0 aliphatic rings. The van der Waals surface area contributed by atoms with Crippen LogP contribution in [0.3, 0.4) is 0 Å². The normalized spacial score (nSPS) is 11.8. The van der Waals surface area contributed by atoms with E-state index in [1.54, 1.807) is 25.1 Å². The van der Waals surface area contributed by atoms with Crippen LogP contribution in [0.5, 0.6) is 0 Å². The Morgan fingerprint density at radius 1 is 1.42 bits per heavy atom. The summed E-state index contributed by atoms with van der Waals surface area (Å²) in [5.74, 6) is -0.463. The van der Waals surface area contributed by atoms with Crippen LogP contribution in [0.4, 0.5) is 5.69 Å². The maximum absolute atomic E-state index is 11.6. The summed E-state index contributed by atoms with van der Waals surface area (Å²) in [4.78, 5) is 23.1. The number of carbonyl (C=O) groups is 2. The van der Waals surface area contributed by atoms with Crippen molar-refractivity contribution in [3.05, 3.63) is 29.3 Å². The highest BCUT2D eigenvalue weighted by molar-refractivity contribution is 5.94. The number of rotatable bonds is 5. The van der Waals surface area contributed by atoms with Crippen LogP contribution in [0, 0.1) is 6.92 Å². The van der Waals surface area contributed by atoms with Crippen LogP contribution in [0.25, 0.3) is 0 Å². The second-order valence-corrected chi connectivity index (χ2v) is 4.59. The second kappa shape index (κ2) is 6.89. The molecule has 1 amide bonds. The molecule has 19 heavy (non-hydrogen) atoms. The molecule has 0 radical (unpaired) electrons. The SMILES string of the molecule is COC(=O)c1ccc(NC(=O)CCC(C)N)cc1C. The van der Waals surface area contributed by atoms with Gasteiger partial charge >= 0.3 is 5.97 Å². The lowest BCUT2D eigenvalue weighted by molar-refractivity contribution is -0.116. The fourth-order valence-electron chi connectivity index (χ4n) is 1.66. The zero-order valence-electron chi connectivity index (χ0n) is 11.5. The number of anilines is 1. The van der Waals surface area contributed by atoms with Gasteiger partial charge in [-0.25, -0.2) is 4.79 Å². The standard InChI is InChI=1S/C14H20N2O3/c1-9-8-11(5-6-12(9)14(18)19-3)16-13(17)7-4-10(2)15/h5-6,8,10H,4,7,15H2,1-3H3,(H,16,17). The topological polar surface area (TPSA) is 81.4 Å². The Kier molecular flexibility index (Phi) is 5.51. The lowest BCUT2D eigenvalue weighted by Gasteiger charge is -2.09. The average molecular weight is 264 g/mol. The molecule has 1 atom stereocenters. The van der Waals surface area contributed by atoms with E-state index in [2.05, 4.69) is 10.1 Å². The van der Waals surface area contributed by atoms with Crippen molar-refractivity contribution in [2.45, 2.75) is 32.7 Å². The molecule has 1 rings (SSSR count). The summed E-state index contributed by atoms with van der Waals surface area (Å²) < 4.78 is 4.66. The smallest absolute Gasteiger partial charge is 0.338 e. The van der Waals surface area contributed by atoms with Crippen LogP contribution in [0.15, 0.2) is 18.2 Å². The lowest BCUT2D eigenvalue weighted by Crippen LogP contribution is -2.19. The summed E-state index contributed by atoms with van der Waals surface area (Å²) >= 11 is 0. The van der Waals surface area contributed by atoms with Gasteiger partial charge in [-0.2, -0.15) is 0 Å². The molecule has 0 fully saturated rings. The first-order chi connectivity index (χ1) is 8.93. The van der Waals surface area contributed by atoms with Crippen LogP contribution in [0.2, 0.25) is 0 Å². The summed E-state index contributed by atoms with van der Waals surface area (Å²) in [5, 5.41) is 2.78. The van der Waals surface area contributed by atoms with Gasteiger partial charge in [-0.3, -0.25) is 4.79 Å². The molecule has 0 saturated carbocycles. The molecule has 0 aliphatic heterocycles. The van der Waals surface area contributed by atoms with Crippen LogP contribution < -0.4 is 11.1 Å². The first-order valence-electron chi connectivity index (χ1n) is 6.18. The number of benzene rings is 1. The summed E-state index contributed by atoms with van der Waals surface area (Å²) in [7, 11) is 1.34. The van der Waals surface area contributed by atoms with Crippen molar-refractivity contribution in [2.24, 2.45) is 5.73 Å². The highest BCUT2D eigenvalue weighted by Gasteiger charge is 2.10. The number of aryl methyl sites for hydroxylation is 1. The Morgan fingerprint density at radius 2 is 2.11 bits per heavy atom. The molecule has 1 aromatic rings. The van der Waals surface area contributed by atoms with Crippen molar-refractivity contribution in [2.75, 3.05) is 12.4 Å². The Morgan fingerprint density at radius 3 is 2.63 bits per heavy atom. The van der Waals surface area contributed by atoms with E-state index >= 15 is 0 Å². The third-order valence-corrected chi connectivity index (χ3v) is 2.74. The third-order valence-electron chi connectivity index (χ3n) is 2.74. The van der Waals surface area contributed by atoms with Gasteiger partial charge in [0.05, 0.1) is 12.7 Å². The Bertz CT molecular complexity index is 470. The summed E-state index contributed by atoms with van der Waals surface area (Å²) in [6, 6.07) is 5.08. The predicted octanol–water partition coefficient (Wildman–Crippen LogP) is 1.85. The van der Waals surface area contributed by atoms with Gasteiger partial charge in [-0.15, -0.1) is 0 Å². The van der Waals surface area contributed by atoms with Gasteiger partial charge in [-0.05, 0) is 44.0 Å². The molecule has 104 valence electrons. The van der Waals surface area contributed by atoms with E-state index in [0.29, 0.717) is 24.1 Å². The quantitative estimate of drug-likeness (QED) is 0.795. The van der Waals surface area contributed by atoms with Crippen molar-refractivity contribution < 1.29 is 14.3 Å². The fraction of sp³-hybridized carbons (Fsp3) is 0.429. The number of carbonyl (C=O) groups excluding carboxylic acids is 2. The van der Waals surface area contributed by atoms with Crippen molar-refractivity contribution in [1.29, 1.82) is 0 Å². The minimum absolute atomic E-state index is 0.00851. The summed E-state index contributed by atoms with van der Waals surface area (Å²) in [6.45, 7) is 3.66. The Labute approximate surface area is 113 Å². The Hall–Kier alpha value is -1.88. The van der Waals surface area contributed by atoms with E-state index in [1.807, 2.05) is 6.92 Å². The molecule has 3 N–H and O–H groups in total.